The molecule has 2 aromatic rings. The van der Waals surface area contributed by atoms with Crippen LogP contribution in [0.25, 0.3) is 0 Å². The smallest absolute Gasteiger partial charge is 0.225 e. The lowest BCUT2D eigenvalue weighted by atomic mass is 10.0. The van der Waals surface area contributed by atoms with Gasteiger partial charge in [0.25, 0.3) is 0 Å². The highest BCUT2D eigenvalue weighted by Crippen LogP contribution is 2.32. The molecule has 2 rings (SSSR count). The van der Waals surface area contributed by atoms with Gasteiger partial charge >= 0.3 is 0 Å². The van der Waals surface area contributed by atoms with Crippen LogP contribution in [0.4, 0.5) is 5.69 Å². The Morgan fingerprint density at radius 1 is 1.10 bits per heavy atom. The van der Waals surface area contributed by atoms with Crippen molar-refractivity contribution in [2.45, 2.75) is 25.8 Å². The highest BCUT2D eigenvalue weighted by molar-refractivity contribution is 6.24. The minimum absolute atomic E-state index is 0.0675. The van der Waals surface area contributed by atoms with Crippen LogP contribution in [0, 0.1) is 0 Å². The van der Waals surface area contributed by atoms with Crippen LogP contribution >= 0.6 is 11.6 Å². The fraction of sp³-hybridized carbons (Fsp3) is 0.235. The lowest BCUT2D eigenvalue weighted by molar-refractivity contribution is -0.116. The molecule has 0 fully saturated rings. The maximum absolute atomic E-state index is 12.0. The first-order chi connectivity index (χ1) is 9.65. The van der Waals surface area contributed by atoms with Crippen LogP contribution in [0.15, 0.2) is 54.6 Å². The van der Waals surface area contributed by atoms with E-state index in [0.717, 1.165) is 23.2 Å². The lowest BCUT2D eigenvalue weighted by Gasteiger charge is -2.28. The van der Waals surface area contributed by atoms with Crippen molar-refractivity contribution >= 4 is 23.2 Å². The van der Waals surface area contributed by atoms with E-state index in [1.165, 1.54) is 6.92 Å². The molecule has 0 aliphatic carbocycles. The second-order valence-corrected chi connectivity index (χ2v) is 5.03. The molecule has 104 valence electrons. The van der Waals surface area contributed by atoms with E-state index in [2.05, 4.69) is 6.92 Å². The van der Waals surface area contributed by atoms with Gasteiger partial charge in [-0.1, -0.05) is 61.0 Å². The number of nitrogens with zero attached hydrogens (tertiary/aromatic N) is 1. The quantitative estimate of drug-likeness (QED) is 0.597. The number of halogens is 1. The third kappa shape index (κ3) is 3.02. The van der Waals surface area contributed by atoms with Gasteiger partial charge in [0.15, 0.2) is 0 Å². The summed E-state index contributed by atoms with van der Waals surface area (Å²) in [6, 6.07) is 17.5. The SMILES string of the molecule is CCc1ccccc1C(Cl)N(C(C)=O)c1ccccc1. The van der Waals surface area contributed by atoms with Gasteiger partial charge in [0.2, 0.25) is 5.91 Å². The van der Waals surface area contributed by atoms with Crippen molar-refractivity contribution in [1.82, 2.24) is 0 Å². The number of amides is 1. The summed E-state index contributed by atoms with van der Waals surface area (Å²) in [6.07, 6.45) is 0.889. The summed E-state index contributed by atoms with van der Waals surface area (Å²) in [6.45, 7) is 3.63. The van der Waals surface area contributed by atoms with Crippen molar-refractivity contribution in [1.29, 1.82) is 0 Å². The molecule has 0 aliphatic heterocycles. The Bertz CT molecular complexity index is 583. The van der Waals surface area contributed by atoms with Gasteiger partial charge in [-0.2, -0.15) is 0 Å². The molecule has 3 heteroatoms. The molecule has 20 heavy (non-hydrogen) atoms. The van der Waals surface area contributed by atoms with Gasteiger partial charge in [-0.3, -0.25) is 9.69 Å². The summed E-state index contributed by atoms with van der Waals surface area (Å²) < 4.78 is 0. The number of carbonyl (C=O) groups is 1. The number of para-hydroxylation sites is 1. The Morgan fingerprint density at radius 2 is 1.70 bits per heavy atom. The Hall–Kier alpha value is -1.80. The van der Waals surface area contributed by atoms with Crippen LogP contribution < -0.4 is 4.90 Å². The number of aryl methyl sites for hydroxylation is 1. The molecule has 0 saturated carbocycles. The van der Waals surface area contributed by atoms with E-state index in [4.69, 9.17) is 11.6 Å². The summed E-state index contributed by atoms with van der Waals surface area (Å²) in [5.74, 6) is -0.0675. The van der Waals surface area contributed by atoms with Crippen LogP contribution in [-0.4, -0.2) is 5.91 Å². The lowest BCUT2D eigenvalue weighted by Crippen LogP contribution is -2.30. The van der Waals surface area contributed by atoms with Crippen LogP contribution in [0.1, 0.15) is 30.5 Å². The van der Waals surface area contributed by atoms with Gasteiger partial charge in [-0.15, -0.1) is 0 Å². The first kappa shape index (κ1) is 14.6. The topological polar surface area (TPSA) is 20.3 Å². The van der Waals surface area contributed by atoms with E-state index in [-0.39, 0.29) is 5.91 Å². The molecule has 0 N–H and O–H groups in total. The summed E-state index contributed by atoms with van der Waals surface area (Å²) in [7, 11) is 0. The molecular formula is C17H18ClNO. The molecule has 0 aromatic heterocycles. The number of anilines is 1. The summed E-state index contributed by atoms with van der Waals surface area (Å²) in [5, 5.41) is 0. The zero-order chi connectivity index (χ0) is 14.5. The largest absolute Gasteiger partial charge is 0.292 e. The van der Waals surface area contributed by atoms with Crippen molar-refractivity contribution in [3.63, 3.8) is 0 Å². The molecular weight excluding hydrogens is 270 g/mol. The Balaban J connectivity index is 2.42. The highest BCUT2D eigenvalue weighted by atomic mass is 35.5. The van der Waals surface area contributed by atoms with E-state index in [0.29, 0.717) is 0 Å². The molecule has 1 unspecified atom stereocenters. The van der Waals surface area contributed by atoms with Gasteiger partial charge in [0, 0.05) is 12.6 Å². The minimum Gasteiger partial charge on any atom is -0.292 e. The van der Waals surface area contributed by atoms with Crippen LogP contribution in [0.3, 0.4) is 0 Å². The number of alkyl halides is 1. The normalized spacial score (nSPS) is 11.9. The van der Waals surface area contributed by atoms with Gasteiger partial charge < -0.3 is 0 Å². The van der Waals surface area contributed by atoms with E-state index < -0.39 is 5.50 Å². The molecule has 1 atom stereocenters. The average Bonchev–Trinajstić information content (AvgIpc) is 2.48. The second-order valence-electron chi connectivity index (χ2n) is 4.61. The fourth-order valence-electron chi connectivity index (χ4n) is 2.29. The Morgan fingerprint density at radius 3 is 2.30 bits per heavy atom. The minimum atomic E-state index is -0.494. The maximum atomic E-state index is 12.0. The number of carbonyl (C=O) groups excluding carboxylic acids is 1. The highest BCUT2D eigenvalue weighted by Gasteiger charge is 2.23. The molecule has 0 aliphatic rings. The standard InChI is InChI=1S/C17H18ClNO/c1-3-14-9-7-8-12-16(14)17(18)19(13(2)20)15-10-5-4-6-11-15/h4-12,17H,3H2,1-2H3. The molecule has 0 radical (unpaired) electrons. The predicted molar refractivity (Wildman–Crippen MR) is 84.0 cm³/mol. The van der Waals surface area contributed by atoms with Crippen molar-refractivity contribution < 1.29 is 4.79 Å². The van der Waals surface area contributed by atoms with Crippen LogP contribution in [0.2, 0.25) is 0 Å². The van der Waals surface area contributed by atoms with E-state index in [1.54, 1.807) is 4.90 Å². The number of hydrogen-bond donors (Lipinski definition) is 0. The molecule has 0 spiro atoms. The van der Waals surface area contributed by atoms with Crippen molar-refractivity contribution in [2.24, 2.45) is 0 Å². The van der Waals surface area contributed by atoms with Gasteiger partial charge in [0.05, 0.1) is 0 Å². The zero-order valence-corrected chi connectivity index (χ0v) is 12.5. The van der Waals surface area contributed by atoms with Crippen molar-refractivity contribution in [3.05, 3.63) is 65.7 Å². The summed E-state index contributed by atoms with van der Waals surface area (Å²) >= 11 is 6.59. The molecule has 2 nitrogen and oxygen atoms in total. The predicted octanol–water partition coefficient (Wildman–Crippen LogP) is 4.54. The first-order valence-corrected chi connectivity index (χ1v) is 7.15. The Kier molecular flexibility index (Phi) is 4.80. The number of hydrogen-bond acceptors (Lipinski definition) is 1. The van der Waals surface area contributed by atoms with E-state index in [1.807, 2.05) is 54.6 Å². The fourth-order valence-corrected chi connectivity index (χ4v) is 2.75. The number of rotatable bonds is 4. The van der Waals surface area contributed by atoms with Gasteiger partial charge in [-0.05, 0) is 29.7 Å². The van der Waals surface area contributed by atoms with Crippen LogP contribution in [0.5, 0.6) is 0 Å². The van der Waals surface area contributed by atoms with E-state index in [9.17, 15) is 4.79 Å². The van der Waals surface area contributed by atoms with Crippen molar-refractivity contribution in [3.8, 4) is 0 Å². The Labute approximate surface area is 125 Å². The summed E-state index contributed by atoms with van der Waals surface area (Å²) in [4.78, 5) is 13.6. The molecule has 2 aromatic carbocycles. The molecule has 0 saturated heterocycles. The van der Waals surface area contributed by atoms with Crippen molar-refractivity contribution in [2.75, 3.05) is 4.90 Å². The third-order valence-corrected chi connectivity index (χ3v) is 3.72. The molecule has 1 amide bonds. The van der Waals surface area contributed by atoms with Crippen LogP contribution in [-0.2, 0) is 11.2 Å². The average molecular weight is 288 g/mol. The first-order valence-electron chi connectivity index (χ1n) is 6.72. The maximum Gasteiger partial charge on any atom is 0.225 e. The molecule has 0 bridgehead atoms. The number of benzene rings is 2. The van der Waals surface area contributed by atoms with E-state index >= 15 is 0 Å². The van der Waals surface area contributed by atoms with Gasteiger partial charge in [-0.25, -0.2) is 0 Å². The second kappa shape index (κ2) is 6.58. The zero-order valence-electron chi connectivity index (χ0n) is 11.7. The third-order valence-electron chi connectivity index (χ3n) is 3.29. The van der Waals surface area contributed by atoms with Gasteiger partial charge in [0.1, 0.15) is 5.50 Å². The molecule has 0 heterocycles. The summed E-state index contributed by atoms with van der Waals surface area (Å²) in [5.41, 5.74) is 2.46. The monoisotopic (exact) mass is 287 g/mol.